The van der Waals surface area contributed by atoms with Crippen LogP contribution in [-0.2, 0) is 6.42 Å². The molecule has 0 radical (unpaired) electrons. The lowest BCUT2D eigenvalue weighted by Gasteiger charge is -2.29. The minimum atomic E-state index is 1.05. The third-order valence-electron chi connectivity index (χ3n) is 3.69. The van der Waals surface area contributed by atoms with E-state index in [9.17, 15) is 0 Å². The second-order valence-electron chi connectivity index (χ2n) is 4.82. The van der Waals surface area contributed by atoms with Gasteiger partial charge >= 0.3 is 0 Å². The molecule has 3 heteroatoms. The molecule has 0 atom stereocenters. The van der Waals surface area contributed by atoms with E-state index >= 15 is 0 Å². The zero-order valence-electron chi connectivity index (χ0n) is 11.1. The van der Waals surface area contributed by atoms with Gasteiger partial charge in [-0.25, -0.2) is 4.68 Å². The predicted molar refractivity (Wildman–Crippen MR) is 74.5 cm³/mol. The Hall–Kier alpha value is -1.77. The van der Waals surface area contributed by atoms with E-state index in [4.69, 9.17) is 5.10 Å². The number of aromatic nitrogens is 2. The Labute approximate surface area is 108 Å². The van der Waals surface area contributed by atoms with Crippen LogP contribution in [0.3, 0.4) is 0 Å². The molecule has 94 valence electrons. The van der Waals surface area contributed by atoms with Crippen LogP contribution in [0.25, 0.3) is 5.69 Å². The maximum Gasteiger partial charge on any atom is 0.135 e. The van der Waals surface area contributed by atoms with Crippen molar-refractivity contribution in [2.24, 2.45) is 0 Å². The van der Waals surface area contributed by atoms with Crippen molar-refractivity contribution in [2.45, 2.75) is 26.7 Å². The van der Waals surface area contributed by atoms with Crippen molar-refractivity contribution < 1.29 is 0 Å². The van der Waals surface area contributed by atoms with Crippen LogP contribution in [0.2, 0.25) is 0 Å². The molecule has 1 aromatic carbocycles. The Morgan fingerprint density at radius 1 is 1.22 bits per heavy atom. The SMILES string of the molecule is CCN1CCCc2c(C)nn(-c3ccccc3)c21. The first-order valence-electron chi connectivity index (χ1n) is 6.70. The second-order valence-corrected chi connectivity index (χ2v) is 4.82. The normalized spacial score (nSPS) is 14.7. The molecule has 0 N–H and O–H groups in total. The van der Waals surface area contributed by atoms with Crippen LogP contribution in [0, 0.1) is 6.92 Å². The van der Waals surface area contributed by atoms with Crippen LogP contribution < -0.4 is 4.90 Å². The van der Waals surface area contributed by atoms with Gasteiger partial charge in [0.2, 0.25) is 0 Å². The minimum absolute atomic E-state index is 1.05. The maximum atomic E-state index is 4.74. The lowest BCUT2D eigenvalue weighted by Crippen LogP contribution is -2.30. The summed E-state index contributed by atoms with van der Waals surface area (Å²) in [5.74, 6) is 1.30. The molecule has 1 aliphatic rings. The average Bonchev–Trinajstić information content (AvgIpc) is 2.77. The van der Waals surface area contributed by atoms with Crippen molar-refractivity contribution in [3.63, 3.8) is 0 Å². The zero-order chi connectivity index (χ0) is 12.5. The molecule has 1 aromatic heterocycles. The summed E-state index contributed by atoms with van der Waals surface area (Å²) in [5.41, 5.74) is 3.75. The molecule has 18 heavy (non-hydrogen) atoms. The molecule has 0 unspecified atom stereocenters. The highest BCUT2D eigenvalue weighted by Gasteiger charge is 2.24. The van der Waals surface area contributed by atoms with Crippen LogP contribution in [0.1, 0.15) is 24.6 Å². The number of hydrogen-bond donors (Lipinski definition) is 0. The third-order valence-corrected chi connectivity index (χ3v) is 3.69. The Bertz CT molecular complexity index is 542. The van der Waals surface area contributed by atoms with Crippen molar-refractivity contribution in [3.8, 4) is 5.69 Å². The summed E-state index contributed by atoms with van der Waals surface area (Å²) in [5, 5.41) is 4.74. The minimum Gasteiger partial charge on any atom is -0.357 e. The fourth-order valence-corrected chi connectivity index (χ4v) is 2.77. The van der Waals surface area contributed by atoms with Gasteiger partial charge in [-0.05, 0) is 38.8 Å². The van der Waals surface area contributed by atoms with Gasteiger partial charge in [-0.1, -0.05) is 18.2 Å². The van der Waals surface area contributed by atoms with Gasteiger partial charge in [-0.2, -0.15) is 5.10 Å². The van der Waals surface area contributed by atoms with Gasteiger partial charge in [0.05, 0.1) is 11.4 Å². The van der Waals surface area contributed by atoms with E-state index in [0.29, 0.717) is 0 Å². The number of benzene rings is 1. The molecule has 0 saturated heterocycles. The molecule has 0 aliphatic carbocycles. The fourth-order valence-electron chi connectivity index (χ4n) is 2.77. The number of aryl methyl sites for hydroxylation is 1. The van der Waals surface area contributed by atoms with E-state index in [1.165, 1.54) is 23.5 Å². The van der Waals surface area contributed by atoms with Gasteiger partial charge in [0.15, 0.2) is 0 Å². The first kappa shape index (κ1) is 11.3. The van der Waals surface area contributed by atoms with Crippen molar-refractivity contribution in [2.75, 3.05) is 18.0 Å². The number of hydrogen-bond acceptors (Lipinski definition) is 2. The second kappa shape index (κ2) is 4.48. The summed E-state index contributed by atoms with van der Waals surface area (Å²) in [7, 11) is 0. The highest BCUT2D eigenvalue weighted by molar-refractivity contribution is 5.56. The lowest BCUT2D eigenvalue weighted by atomic mass is 10.1. The molecule has 2 heterocycles. The molecule has 0 spiro atoms. The van der Waals surface area contributed by atoms with Crippen LogP contribution in [0.5, 0.6) is 0 Å². The third kappa shape index (κ3) is 1.70. The van der Waals surface area contributed by atoms with Gasteiger partial charge in [-0.3, -0.25) is 0 Å². The summed E-state index contributed by atoms with van der Waals surface area (Å²) in [6.07, 6.45) is 2.40. The van der Waals surface area contributed by atoms with Crippen LogP contribution in [-0.4, -0.2) is 22.9 Å². The van der Waals surface area contributed by atoms with Crippen LogP contribution in [0.4, 0.5) is 5.82 Å². The number of para-hydroxylation sites is 1. The molecule has 0 amide bonds. The molecule has 0 fully saturated rings. The predicted octanol–water partition coefficient (Wildman–Crippen LogP) is 2.95. The first-order valence-corrected chi connectivity index (χ1v) is 6.70. The monoisotopic (exact) mass is 241 g/mol. The average molecular weight is 241 g/mol. The molecule has 0 saturated carbocycles. The molecule has 0 bridgehead atoms. The lowest BCUT2D eigenvalue weighted by molar-refractivity contribution is 0.684. The van der Waals surface area contributed by atoms with Crippen molar-refractivity contribution in [1.29, 1.82) is 0 Å². The summed E-state index contributed by atoms with van der Waals surface area (Å²) < 4.78 is 2.10. The maximum absolute atomic E-state index is 4.74. The Kier molecular flexibility index (Phi) is 2.82. The van der Waals surface area contributed by atoms with Crippen LogP contribution >= 0.6 is 0 Å². The number of anilines is 1. The number of nitrogens with zero attached hydrogens (tertiary/aromatic N) is 3. The molecular formula is C15H19N3. The smallest absolute Gasteiger partial charge is 0.135 e. The summed E-state index contributed by atoms with van der Waals surface area (Å²) in [4.78, 5) is 2.44. The molecule has 2 aromatic rings. The zero-order valence-corrected chi connectivity index (χ0v) is 11.1. The van der Waals surface area contributed by atoms with E-state index in [0.717, 1.165) is 25.2 Å². The van der Waals surface area contributed by atoms with Gasteiger partial charge in [0.25, 0.3) is 0 Å². The van der Waals surface area contributed by atoms with E-state index in [-0.39, 0.29) is 0 Å². The van der Waals surface area contributed by atoms with Gasteiger partial charge < -0.3 is 4.90 Å². The number of rotatable bonds is 2. The van der Waals surface area contributed by atoms with Crippen molar-refractivity contribution >= 4 is 5.82 Å². The first-order chi connectivity index (χ1) is 8.81. The fraction of sp³-hybridized carbons (Fsp3) is 0.400. The Morgan fingerprint density at radius 2 is 2.00 bits per heavy atom. The van der Waals surface area contributed by atoms with E-state index in [1.54, 1.807) is 0 Å². The summed E-state index contributed by atoms with van der Waals surface area (Å²) in [6, 6.07) is 10.4. The highest BCUT2D eigenvalue weighted by atomic mass is 15.4. The van der Waals surface area contributed by atoms with Gasteiger partial charge in [-0.15, -0.1) is 0 Å². The topological polar surface area (TPSA) is 21.1 Å². The summed E-state index contributed by atoms with van der Waals surface area (Å²) in [6.45, 7) is 6.52. The number of fused-ring (bicyclic) bond motifs is 1. The van der Waals surface area contributed by atoms with Crippen molar-refractivity contribution in [3.05, 3.63) is 41.6 Å². The van der Waals surface area contributed by atoms with Gasteiger partial charge in [0.1, 0.15) is 5.82 Å². The molecule has 1 aliphatic heterocycles. The van der Waals surface area contributed by atoms with Crippen molar-refractivity contribution in [1.82, 2.24) is 9.78 Å². The van der Waals surface area contributed by atoms with E-state index < -0.39 is 0 Å². The summed E-state index contributed by atoms with van der Waals surface area (Å²) >= 11 is 0. The molecule has 3 nitrogen and oxygen atoms in total. The van der Waals surface area contributed by atoms with E-state index in [2.05, 4.69) is 47.7 Å². The Balaban J connectivity index is 2.17. The Morgan fingerprint density at radius 3 is 2.72 bits per heavy atom. The van der Waals surface area contributed by atoms with E-state index in [1.807, 2.05) is 6.07 Å². The van der Waals surface area contributed by atoms with Gasteiger partial charge in [0, 0.05) is 18.7 Å². The highest BCUT2D eigenvalue weighted by Crippen LogP contribution is 2.31. The molecule has 3 rings (SSSR count). The quantitative estimate of drug-likeness (QED) is 0.806. The van der Waals surface area contributed by atoms with Crippen LogP contribution in [0.15, 0.2) is 30.3 Å². The molecular weight excluding hydrogens is 222 g/mol. The standard InChI is InChI=1S/C15H19N3/c1-3-17-11-7-10-14-12(2)16-18(15(14)17)13-8-5-4-6-9-13/h4-6,8-9H,3,7,10-11H2,1-2H3. The largest absolute Gasteiger partial charge is 0.357 e.